The minimum absolute atomic E-state index is 0.0658. The molecule has 1 aliphatic heterocycles. The van der Waals surface area contributed by atoms with Crippen molar-refractivity contribution in [1.82, 2.24) is 15.2 Å². The van der Waals surface area contributed by atoms with Gasteiger partial charge in [-0.2, -0.15) is 0 Å². The smallest absolute Gasteiger partial charge is 0.254 e. The Bertz CT molecular complexity index is 721. The van der Waals surface area contributed by atoms with Gasteiger partial charge in [0.2, 0.25) is 0 Å². The number of hydrogen-bond donors (Lipinski definition) is 1. The molecule has 1 amide bonds. The molecular formula is C18H19ClFN3O2. The molecule has 1 N–H and O–H groups in total. The zero-order valence-corrected chi connectivity index (χ0v) is 14.4. The van der Waals surface area contributed by atoms with Gasteiger partial charge in [-0.05, 0) is 29.8 Å². The van der Waals surface area contributed by atoms with Crippen molar-refractivity contribution >= 4 is 17.5 Å². The lowest BCUT2D eigenvalue weighted by Crippen LogP contribution is -2.43. The number of rotatable bonds is 5. The van der Waals surface area contributed by atoms with Crippen molar-refractivity contribution in [2.24, 2.45) is 0 Å². The van der Waals surface area contributed by atoms with E-state index in [1.807, 2.05) is 0 Å². The van der Waals surface area contributed by atoms with Crippen LogP contribution in [0.25, 0.3) is 0 Å². The molecule has 7 heteroatoms. The number of nitrogens with one attached hydrogen (secondary N) is 1. The van der Waals surface area contributed by atoms with E-state index in [1.54, 1.807) is 24.3 Å². The second-order valence-electron chi connectivity index (χ2n) is 5.77. The van der Waals surface area contributed by atoms with Crippen LogP contribution in [-0.2, 0) is 4.74 Å². The summed E-state index contributed by atoms with van der Waals surface area (Å²) in [6, 6.07) is 9.60. The first-order valence-corrected chi connectivity index (χ1v) is 8.49. The first kappa shape index (κ1) is 17.8. The first-order chi connectivity index (χ1) is 12.1. The molecule has 2 aromatic rings. The average Bonchev–Trinajstić information content (AvgIpc) is 2.64. The van der Waals surface area contributed by atoms with Crippen LogP contribution < -0.4 is 5.32 Å². The van der Waals surface area contributed by atoms with Gasteiger partial charge in [0.15, 0.2) is 0 Å². The lowest BCUT2D eigenvalue weighted by molar-refractivity contribution is 0.0162. The number of ether oxygens (including phenoxy) is 1. The molecule has 1 atom stereocenters. The predicted octanol–water partition coefficient (Wildman–Crippen LogP) is 2.68. The Morgan fingerprint density at radius 3 is 2.68 bits per heavy atom. The Balaban J connectivity index is 1.74. The van der Waals surface area contributed by atoms with Gasteiger partial charge in [-0.1, -0.05) is 23.7 Å². The van der Waals surface area contributed by atoms with Crippen LogP contribution >= 0.6 is 11.6 Å². The Morgan fingerprint density at radius 1 is 1.28 bits per heavy atom. The normalized spacial score (nSPS) is 16.4. The molecule has 0 aliphatic carbocycles. The molecule has 0 radical (unpaired) electrons. The van der Waals surface area contributed by atoms with E-state index in [0.29, 0.717) is 25.3 Å². The predicted molar refractivity (Wildman–Crippen MR) is 93.1 cm³/mol. The summed E-state index contributed by atoms with van der Waals surface area (Å²) in [6.45, 7) is 3.17. The van der Waals surface area contributed by atoms with Crippen LogP contribution in [0.15, 0.2) is 42.6 Å². The van der Waals surface area contributed by atoms with Crippen LogP contribution in [0.2, 0.25) is 5.15 Å². The molecule has 1 saturated heterocycles. The molecule has 1 fully saturated rings. The first-order valence-electron chi connectivity index (χ1n) is 8.11. The van der Waals surface area contributed by atoms with Crippen molar-refractivity contribution in [1.29, 1.82) is 0 Å². The SMILES string of the molecule is O=C(NCC(c1ccc(F)cc1)N1CCOCC1)c1cccnc1Cl. The standard InChI is InChI=1S/C18H19ClFN3O2/c19-17-15(2-1-7-21-17)18(24)22-12-16(23-8-10-25-11-9-23)13-3-5-14(20)6-4-13/h1-7,16H,8-12H2,(H,22,24). The van der Waals surface area contributed by atoms with E-state index in [2.05, 4.69) is 15.2 Å². The maximum Gasteiger partial charge on any atom is 0.254 e. The van der Waals surface area contributed by atoms with Crippen molar-refractivity contribution in [3.8, 4) is 0 Å². The molecule has 25 heavy (non-hydrogen) atoms. The number of halogens is 2. The van der Waals surface area contributed by atoms with E-state index < -0.39 is 0 Å². The third-order valence-corrected chi connectivity index (χ3v) is 4.50. The lowest BCUT2D eigenvalue weighted by Gasteiger charge is -2.35. The molecule has 1 aromatic heterocycles. The topological polar surface area (TPSA) is 54.5 Å². The van der Waals surface area contributed by atoms with Gasteiger partial charge in [0.05, 0.1) is 24.8 Å². The second-order valence-corrected chi connectivity index (χ2v) is 6.13. The second kappa shape index (κ2) is 8.38. The number of benzene rings is 1. The number of carbonyl (C=O) groups excluding carboxylic acids is 1. The van der Waals surface area contributed by atoms with Crippen LogP contribution in [0.3, 0.4) is 0 Å². The van der Waals surface area contributed by atoms with E-state index in [9.17, 15) is 9.18 Å². The van der Waals surface area contributed by atoms with Gasteiger partial charge in [-0.3, -0.25) is 9.69 Å². The molecule has 5 nitrogen and oxygen atoms in total. The number of carbonyl (C=O) groups is 1. The highest BCUT2D eigenvalue weighted by Crippen LogP contribution is 2.22. The van der Waals surface area contributed by atoms with Crippen LogP contribution in [0, 0.1) is 5.82 Å². The quantitative estimate of drug-likeness (QED) is 0.830. The molecular weight excluding hydrogens is 345 g/mol. The molecule has 132 valence electrons. The summed E-state index contributed by atoms with van der Waals surface area (Å²) in [5.41, 5.74) is 1.28. The summed E-state index contributed by atoms with van der Waals surface area (Å²) >= 11 is 5.98. The number of hydrogen-bond acceptors (Lipinski definition) is 4. The van der Waals surface area contributed by atoms with Gasteiger partial charge in [0.25, 0.3) is 5.91 Å². The van der Waals surface area contributed by atoms with E-state index >= 15 is 0 Å². The number of nitrogens with zero attached hydrogens (tertiary/aromatic N) is 2. The molecule has 1 aliphatic rings. The van der Waals surface area contributed by atoms with Crippen molar-refractivity contribution < 1.29 is 13.9 Å². The summed E-state index contributed by atoms with van der Waals surface area (Å²) in [4.78, 5) is 18.5. The molecule has 0 spiro atoms. The molecule has 3 rings (SSSR count). The fraction of sp³-hybridized carbons (Fsp3) is 0.333. The highest BCUT2D eigenvalue weighted by molar-refractivity contribution is 6.32. The van der Waals surface area contributed by atoms with Crippen molar-refractivity contribution in [2.75, 3.05) is 32.8 Å². The van der Waals surface area contributed by atoms with Crippen LogP contribution in [0.4, 0.5) is 4.39 Å². The maximum atomic E-state index is 13.2. The monoisotopic (exact) mass is 363 g/mol. The van der Waals surface area contributed by atoms with Gasteiger partial charge in [0, 0.05) is 25.8 Å². The van der Waals surface area contributed by atoms with Crippen molar-refractivity contribution in [2.45, 2.75) is 6.04 Å². The number of aromatic nitrogens is 1. The molecule has 0 saturated carbocycles. The molecule has 2 heterocycles. The molecule has 1 unspecified atom stereocenters. The lowest BCUT2D eigenvalue weighted by atomic mass is 10.0. The Labute approximate surface area is 150 Å². The van der Waals surface area contributed by atoms with E-state index in [0.717, 1.165) is 18.7 Å². The van der Waals surface area contributed by atoms with Crippen molar-refractivity contribution in [3.63, 3.8) is 0 Å². The summed E-state index contributed by atoms with van der Waals surface area (Å²) in [5, 5.41) is 3.08. The number of amides is 1. The third-order valence-electron chi connectivity index (χ3n) is 4.20. The van der Waals surface area contributed by atoms with E-state index in [1.165, 1.54) is 18.3 Å². The van der Waals surface area contributed by atoms with E-state index in [-0.39, 0.29) is 22.9 Å². The van der Waals surface area contributed by atoms with Crippen LogP contribution in [-0.4, -0.2) is 48.6 Å². The minimum atomic E-state index is -0.282. The average molecular weight is 364 g/mol. The third kappa shape index (κ3) is 4.54. The van der Waals surface area contributed by atoms with Gasteiger partial charge in [-0.15, -0.1) is 0 Å². The Hall–Kier alpha value is -2.02. The maximum absolute atomic E-state index is 13.2. The highest BCUT2D eigenvalue weighted by atomic mass is 35.5. The molecule has 0 bridgehead atoms. The molecule has 1 aromatic carbocycles. The fourth-order valence-electron chi connectivity index (χ4n) is 2.87. The fourth-order valence-corrected chi connectivity index (χ4v) is 3.08. The zero-order valence-electron chi connectivity index (χ0n) is 13.6. The van der Waals surface area contributed by atoms with Gasteiger partial charge in [-0.25, -0.2) is 9.37 Å². The summed E-state index contributed by atoms with van der Waals surface area (Å²) in [6.07, 6.45) is 1.54. The van der Waals surface area contributed by atoms with Crippen LogP contribution in [0.5, 0.6) is 0 Å². The zero-order chi connectivity index (χ0) is 17.6. The Kier molecular flexibility index (Phi) is 5.96. The summed E-state index contributed by atoms with van der Waals surface area (Å²) in [5.74, 6) is -0.561. The Morgan fingerprint density at radius 2 is 2.00 bits per heavy atom. The highest BCUT2D eigenvalue weighted by Gasteiger charge is 2.24. The summed E-state index contributed by atoms with van der Waals surface area (Å²) in [7, 11) is 0. The minimum Gasteiger partial charge on any atom is -0.379 e. The van der Waals surface area contributed by atoms with E-state index in [4.69, 9.17) is 16.3 Å². The van der Waals surface area contributed by atoms with Crippen molar-refractivity contribution in [3.05, 3.63) is 64.7 Å². The number of morpholine rings is 1. The summed E-state index contributed by atoms with van der Waals surface area (Å²) < 4.78 is 18.6. The van der Waals surface area contributed by atoms with Gasteiger partial charge < -0.3 is 10.1 Å². The van der Waals surface area contributed by atoms with Gasteiger partial charge >= 0.3 is 0 Å². The van der Waals surface area contributed by atoms with Crippen LogP contribution in [0.1, 0.15) is 22.0 Å². The largest absolute Gasteiger partial charge is 0.379 e. The number of pyridine rings is 1. The van der Waals surface area contributed by atoms with Gasteiger partial charge in [0.1, 0.15) is 11.0 Å².